The fraction of sp³-hybridized carbons (Fsp3) is 0.400. The van der Waals surface area contributed by atoms with Crippen molar-refractivity contribution in [1.82, 2.24) is 0 Å². The molecule has 3 nitrogen and oxygen atoms in total. The first kappa shape index (κ1) is 14.3. The lowest BCUT2D eigenvalue weighted by atomic mass is 10.0. The third kappa shape index (κ3) is 3.90. The minimum Gasteiger partial charge on any atom is -0.462 e. The summed E-state index contributed by atoms with van der Waals surface area (Å²) in [6.45, 7) is 7.16. The molecule has 0 radical (unpaired) electrons. The number of carbonyl (C=O) groups is 1. The van der Waals surface area contributed by atoms with Gasteiger partial charge in [-0.3, -0.25) is 0 Å². The van der Waals surface area contributed by atoms with Gasteiger partial charge in [0.1, 0.15) is 5.60 Å². The van der Waals surface area contributed by atoms with Crippen molar-refractivity contribution in [1.29, 1.82) is 0 Å². The van der Waals surface area contributed by atoms with E-state index in [4.69, 9.17) is 4.74 Å². The standard InChI is InChI=1S/C15H18O3/c1-5-18-14(16)13-8-6-7-11(2)12(13)9-10-15(3,4)17/h6-8,17H,5H2,1-4H3. The van der Waals surface area contributed by atoms with Crippen molar-refractivity contribution in [3.8, 4) is 11.8 Å². The van der Waals surface area contributed by atoms with Crippen LogP contribution in [0.5, 0.6) is 0 Å². The topological polar surface area (TPSA) is 46.5 Å². The summed E-state index contributed by atoms with van der Waals surface area (Å²) < 4.78 is 4.99. The van der Waals surface area contributed by atoms with Crippen LogP contribution in [-0.2, 0) is 4.74 Å². The average molecular weight is 246 g/mol. The Balaban J connectivity index is 3.24. The van der Waals surface area contributed by atoms with Gasteiger partial charge in [-0.25, -0.2) is 4.79 Å². The minimum absolute atomic E-state index is 0.325. The van der Waals surface area contributed by atoms with Gasteiger partial charge >= 0.3 is 5.97 Å². The van der Waals surface area contributed by atoms with Crippen LogP contribution in [0.1, 0.15) is 42.3 Å². The zero-order valence-corrected chi connectivity index (χ0v) is 11.2. The van der Waals surface area contributed by atoms with E-state index in [9.17, 15) is 9.90 Å². The molecule has 0 amide bonds. The van der Waals surface area contributed by atoms with Gasteiger partial charge in [0.25, 0.3) is 0 Å². The number of aryl methyl sites for hydroxylation is 1. The number of ether oxygens (including phenoxy) is 1. The molecule has 0 aromatic heterocycles. The third-order valence-electron chi connectivity index (χ3n) is 2.26. The van der Waals surface area contributed by atoms with E-state index < -0.39 is 5.60 Å². The second kappa shape index (κ2) is 5.70. The van der Waals surface area contributed by atoms with Crippen LogP contribution in [0.2, 0.25) is 0 Å². The molecule has 0 fully saturated rings. The van der Waals surface area contributed by atoms with Crippen molar-refractivity contribution in [2.75, 3.05) is 6.61 Å². The number of rotatable bonds is 2. The van der Waals surface area contributed by atoms with Gasteiger partial charge in [0.15, 0.2) is 0 Å². The van der Waals surface area contributed by atoms with Crippen molar-refractivity contribution >= 4 is 5.97 Å². The van der Waals surface area contributed by atoms with Gasteiger partial charge in [-0.1, -0.05) is 24.0 Å². The van der Waals surface area contributed by atoms with Crippen LogP contribution in [-0.4, -0.2) is 23.3 Å². The first-order chi connectivity index (χ1) is 8.35. The maximum absolute atomic E-state index is 11.8. The van der Waals surface area contributed by atoms with Crippen LogP contribution >= 0.6 is 0 Å². The van der Waals surface area contributed by atoms with Gasteiger partial charge in [-0.05, 0) is 39.3 Å². The molecular weight excluding hydrogens is 228 g/mol. The summed E-state index contributed by atoms with van der Waals surface area (Å²) in [4.78, 5) is 11.8. The molecule has 18 heavy (non-hydrogen) atoms. The highest BCUT2D eigenvalue weighted by atomic mass is 16.5. The van der Waals surface area contributed by atoms with E-state index in [1.807, 2.05) is 13.0 Å². The summed E-state index contributed by atoms with van der Waals surface area (Å²) in [5.74, 6) is 5.19. The SMILES string of the molecule is CCOC(=O)c1cccc(C)c1C#CC(C)(C)O. The highest BCUT2D eigenvalue weighted by molar-refractivity contribution is 5.92. The molecule has 0 heterocycles. The van der Waals surface area contributed by atoms with Gasteiger partial charge in [0, 0.05) is 5.56 Å². The molecule has 1 aromatic carbocycles. The molecule has 0 atom stereocenters. The maximum atomic E-state index is 11.8. The molecule has 0 unspecified atom stereocenters. The number of aliphatic hydroxyl groups is 1. The number of carbonyl (C=O) groups excluding carboxylic acids is 1. The van der Waals surface area contributed by atoms with Crippen LogP contribution in [0.15, 0.2) is 18.2 Å². The van der Waals surface area contributed by atoms with E-state index in [1.165, 1.54) is 0 Å². The van der Waals surface area contributed by atoms with Gasteiger partial charge in [-0.15, -0.1) is 0 Å². The molecule has 0 saturated heterocycles. The van der Waals surface area contributed by atoms with Gasteiger partial charge in [0.05, 0.1) is 12.2 Å². The van der Waals surface area contributed by atoms with E-state index in [0.717, 1.165) is 5.56 Å². The normalized spacial score (nSPS) is 10.5. The second-order valence-electron chi connectivity index (χ2n) is 4.53. The minimum atomic E-state index is -1.09. The van der Waals surface area contributed by atoms with Gasteiger partial charge in [-0.2, -0.15) is 0 Å². The summed E-state index contributed by atoms with van der Waals surface area (Å²) >= 11 is 0. The Morgan fingerprint density at radius 1 is 1.44 bits per heavy atom. The zero-order valence-electron chi connectivity index (χ0n) is 11.2. The lowest BCUT2D eigenvalue weighted by Crippen LogP contribution is -2.15. The molecular formula is C15H18O3. The zero-order chi connectivity index (χ0) is 13.8. The summed E-state index contributed by atoms with van der Waals surface area (Å²) in [6.07, 6.45) is 0. The molecule has 0 aliphatic rings. The highest BCUT2D eigenvalue weighted by Gasteiger charge is 2.13. The fourth-order valence-corrected chi connectivity index (χ4v) is 1.43. The van der Waals surface area contributed by atoms with Crippen molar-refractivity contribution in [3.63, 3.8) is 0 Å². The van der Waals surface area contributed by atoms with Crippen LogP contribution < -0.4 is 0 Å². The quantitative estimate of drug-likeness (QED) is 0.643. The molecule has 1 rings (SSSR count). The number of esters is 1. The van der Waals surface area contributed by atoms with Crippen molar-refractivity contribution in [2.45, 2.75) is 33.3 Å². The summed E-state index contributed by atoms with van der Waals surface area (Å²) in [6, 6.07) is 5.34. The molecule has 0 aliphatic carbocycles. The fourth-order valence-electron chi connectivity index (χ4n) is 1.43. The Hall–Kier alpha value is -1.79. The molecule has 96 valence electrons. The van der Waals surface area contributed by atoms with Crippen LogP contribution in [0.3, 0.4) is 0 Å². The second-order valence-corrected chi connectivity index (χ2v) is 4.53. The Morgan fingerprint density at radius 3 is 2.67 bits per heavy atom. The molecule has 3 heteroatoms. The molecule has 0 saturated carbocycles. The monoisotopic (exact) mass is 246 g/mol. The predicted molar refractivity (Wildman–Crippen MR) is 70.3 cm³/mol. The molecule has 1 aromatic rings. The summed E-state index contributed by atoms with van der Waals surface area (Å²) in [5, 5.41) is 9.61. The molecule has 0 bridgehead atoms. The van der Waals surface area contributed by atoms with E-state index in [-0.39, 0.29) is 5.97 Å². The Morgan fingerprint density at radius 2 is 2.11 bits per heavy atom. The Labute approximate surface area is 108 Å². The smallest absolute Gasteiger partial charge is 0.339 e. The molecule has 0 spiro atoms. The number of hydrogen-bond acceptors (Lipinski definition) is 3. The van der Waals surface area contributed by atoms with Crippen molar-refractivity contribution in [3.05, 3.63) is 34.9 Å². The molecule has 1 N–H and O–H groups in total. The first-order valence-corrected chi connectivity index (χ1v) is 5.87. The predicted octanol–water partition coefficient (Wildman–Crippen LogP) is 2.29. The van der Waals surface area contributed by atoms with E-state index >= 15 is 0 Å². The molecule has 0 aliphatic heterocycles. The average Bonchev–Trinajstić information content (AvgIpc) is 2.26. The van der Waals surface area contributed by atoms with E-state index in [0.29, 0.717) is 17.7 Å². The third-order valence-corrected chi connectivity index (χ3v) is 2.26. The maximum Gasteiger partial charge on any atom is 0.339 e. The lowest BCUT2D eigenvalue weighted by Gasteiger charge is -2.09. The van der Waals surface area contributed by atoms with Crippen LogP contribution in [0.4, 0.5) is 0 Å². The van der Waals surface area contributed by atoms with Crippen molar-refractivity contribution < 1.29 is 14.6 Å². The van der Waals surface area contributed by atoms with Crippen molar-refractivity contribution in [2.24, 2.45) is 0 Å². The number of benzene rings is 1. The van der Waals surface area contributed by atoms with Crippen LogP contribution in [0.25, 0.3) is 0 Å². The summed E-state index contributed by atoms with van der Waals surface area (Å²) in [5.41, 5.74) is 0.845. The Bertz CT molecular complexity index is 499. The van der Waals surface area contributed by atoms with Gasteiger partial charge < -0.3 is 9.84 Å². The first-order valence-electron chi connectivity index (χ1n) is 5.87. The Kier molecular flexibility index (Phi) is 4.52. The lowest BCUT2D eigenvalue weighted by molar-refractivity contribution is 0.0526. The largest absolute Gasteiger partial charge is 0.462 e. The van der Waals surface area contributed by atoms with Gasteiger partial charge in [0.2, 0.25) is 0 Å². The summed E-state index contributed by atoms with van der Waals surface area (Å²) in [7, 11) is 0. The number of hydrogen-bond donors (Lipinski definition) is 1. The van der Waals surface area contributed by atoms with E-state index in [2.05, 4.69) is 11.8 Å². The van der Waals surface area contributed by atoms with Crippen LogP contribution in [0, 0.1) is 18.8 Å². The highest BCUT2D eigenvalue weighted by Crippen LogP contribution is 2.15. The van der Waals surface area contributed by atoms with E-state index in [1.54, 1.807) is 32.9 Å².